The Kier molecular flexibility index (Phi) is 5.34. The average molecular weight is 442 g/mol. The second-order valence-electron chi connectivity index (χ2n) is 10.4. The van der Waals surface area contributed by atoms with E-state index >= 15 is 0 Å². The fraction of sp³-hybridized carbons (Fsp3) is 0.520. The summed E-state index contributed by atoms with van der Waals surface area (Å²) in [6.07, 6.45) is -0.603. The van der Waals surface area contributed by atoms with Gasteiger partial charge in [0.25, 0.3) is 0 Å². The van der Waals surface area contributed by atoms with Crippen molar-refractivity contribution in [3.63, 3.8) is 0 Å². The molecule has 2 fully saturated rings. The molecule has 0 radical (unpaired) electrons. The fourth-order valence-electron chi connectivity index (χ4n) is 4.09. The zero-order valence-corrected chi connectivity index (χ0v) is 19.8. The first kappa shape index (κ1) is 21.3. The van der Waals surface area contributed by atoms with Gasteiger partial charge in [-0.05, 0) is 24.3 Å². The predicted octanol–water partition coefficient (Wildman–Crippen LogP) is 6.06. The minimum Gasteiger partial charge on any atom is -0.348 e. The summed E-state index contributed by atoms with van der Waals surface area (Å²) in [5.41, 5.74) is 4.64. The van der Waals surface area contributed by atoms with Gasteiger partial charge in [-0.3, -0.25) is 0 Å². The Morgan fingerprint density at radius 2 is 1.10 bits per heavy atom. The van der Waals surface area contributed by atoms with E-state index in [0.717, 1.165) is 11.1 Å². The van der Waals surface area contributed by atoms with E-state index in [2.05, 4.69) is 76.0 Å². The molecule has 3 aliphatic heterocycles. The molecule has 6 heteroatoms. The standard InChI is InChI=1S/C25H31NO4S/c1-24(2)12-27-22(28-13-24)16-6-8-18-20(10-16)31-21-11-17(7-9-19(21)26(18)5)23-29-14-25(3,4)15-30-23/h6-11,22-23H,12-15H2,1-5H3. The molecule has 0 aromatic heterocycles. The van der Waals surface area contributed by atoms with Crippen molar-refractivity contribution in [2.24, 2.45) is 10.8 Å². The molecule has 3 heterocycles. The van der Waals surface area contributed by atoms with Crippen molar-refractivity contribution < 1.29 is 18.9 Å². The average Bonchev–Trinajstić information content (AvgIpc) is 2.73. The molecule has 0 amide bonds. The molecule has 31 heavy (non-hydrogen) atoms. The van der Waals surface area contributed by atoms with Crippen molar-refractivity contribution in [3.05, 3.63) is 47.5 Å². The molecule has 2 saturated heterocycles. The number of benzene rings is 2. The van der Waals surface area contributed by atoms with E-state index < -0.39 is 0 Å². The lowest BCUT2D eigenvalue weighted by Crippen LogP contribution is -2.33. The lowest BCUT2D eigenvalue weighted by molar-refractivity contribution is -0.226. The van der Waals surface area contributed by atoms with Crippen LogP contribution in [0.15, 0.2) is 46.2 Å². The number of hydrogen-bond acceptors (Lipinski definition) is 6. The third-order valence-electron chi connectivity index (χ3n) is 5.96. The lowest BCUT2D eigenvalue weighted by Gasteiger charge is -2.36. The van der Waals surface area contributed by atoms with Crippen molar-refractivity contribution in [3.8, 4) is 0 Å². The van der Waals surface area contributed by atoms with Gasteiger partial charge in [0.15, 0.2) is 12.6 Å². The van der Waals surface area contributed by atoms with Crippen LogP contribution in [0.3, 0.4) is 0 Å². The van der Waals surface area contributed by atoms with Crippen LogP contribution in [0.25, 0.3) is 0 Å². The first-order valence-electron chi connectivity index (χ1n) is 10.9. The molecule has 0 unspecified atom stereocenters. The molecule has 5 nitrogen and oxygen atoms in total. The Hall–Kier alpha value is -1.57. The first-order valence-corrected chi connectivity index (χ1v) is 11.7. The SMILES string of the molecule is CN1c2ccc(C3OCC(C)(C)CO3)cc2Sc2cc(C3OCC(C)(C)CO3)ccc21. The van der Waals surface area contributed by atoms with E-state index in [4.69, 9.17) is 18.9 Å². The van der Waals surface area contributed by atoms with Crippen LogP contribution in [-0.2, 0) is 18.9 Å². The monoisotopic (exact) mass is 441 g/mol. The smallest absolute Gasteiger partial charge is 0.183 e. The van der Waals surface area contributed by atoms with E-state index in [1.807, 2.05) is 0 Å². The summed E-state index contributed by atoms with van der Waals surface area (Å²) in [4.78, 5) is 4.65. The van der Waals surface area contributed by atoms with Crippen molar-refractivity contribution in [1.29, 1.82) is 0 Å². The summed E-state index contributed by atoms with van der Waals surface area (Å²) in [5, 5.41) is 0. The largest absolute Gasteiger partial charge is 0.348 e. The number of hydrogen-bond donors (Lipinski definition) is 0. The Morgan fingerprint density at radius 1 is 0.710 bits per heavy atom. The van der Waals surface area contributed by atoms with E-state index in [-0.39, 0.29) is 23.4 Å². The second-order valence-corrected chi connectivity index (χ2v) is 11.4. The zero-order valence-electron chi connectivity index (χ0n) is 18.9. The van der Waals surface area contributed by atoms with Crippen LogP contribution in [0.5, 0.6) is 0 Å². The van der Waals surface area contributed by atoms with Crippen LogP contribution in [0, 0.1) is 10.8 Å². The molecule has 0 saturated carbocycles. The van der Waals surface area contributed by atoms with Crippen molar-refractivity contribution >= 4 is 23.1 Å². The Balaban J connectivity index is 1.38. The van der Waals surface area contributed by atoms with Crippen molar-refractivity contribution in [2.75, 3.05) is 38.4 Å². The molecule has 0 bridgehead atoms. The van der Waals surface area contributed by atoms with Crippen molar-refractivity contribution in [2.45, 2.75) is 50.1 Å². The number of rotatable bonds is 2. The molecule has 2 aromatic rings. The van der Waals surface area contributed by atoms with Crippen LogP contribution in [0.4, 0.5) is 11.4 Å². The highest BCUT2D eigenvalue weighted by atomic mass is 32.2. The third kappa shape index (κ3) is 4.24. The normalized spacial score (nSPS) is 23.3. The van der Waals surface area contributed by atoms with Crippen LogP contribution in [0.2, 0.25) is 0 Å². The van der Waals surface area contributed by atoms with Gasteiger partial charge >= 0.3 is 0 Å². The van der Waals surface area contributed by atoms with Gasteiger partial charge in [-0.1, -0.05) is 51.6 Å². The number of anilines is 2. The minimum atomic E-state index is -0.302. The molecular formula is C25H31NO4S. The quantitative estimate of drug-likeness (QED) is 0.564. The highest BCUT2D eigenvalue weighted by Gasteiger charge is 2.32. The maximum Gasteiger partial charge on any atom is 0.183 e. The molecule has 0 N–H and O–H groups in total. The van der Waals surface area contributed by atoms with Gasteiger partial charge in [0.2, 0.25) is 0 Å². The van der Waals surface area contributed by atoms with E-state index in [0.29, 0.717) is 26.4 Å². The van der Waals surface area contributed by atoms with Crippen LogP contribution >= 0.6 is 11.8 Å². The first-order chi connectivity index (χ1) is 14.7. The third-order valence-corrected chi connectivity index (χ3v) is 7.05. The number of nitrogens with zero attached hydrogens (tertiary/aromatic N) is 1. The van der Waals surface area contributed by atoms with Gasteiger partial charge in [0.05, 0.1) is 37.8 Å². The van der Waals surface area contributed by atoms with E-state index in [1.165, 1.54) is 21.2 Å². The molecule has 166 valence electrons. The highest BCUT2D eigenvalue weighted by molar-refractivity contribution is 7.99. The Bertz CT molecular complexity index is 892. The second kappa shape index (κ2) is 7.78. The Morgan fingerprint density at radius 3 is 1.48 bits per heavy atom. The molecule has 0 aliphatic carbocycles. The van der Waals surface area contributed by atoms with Crippen molar-refractivity contribution in [1.82, 2.24) is 0 Å². The minimum absolute atomic E-state index is 0.0630. The lowest BCUT2D eigenvalue weighted by atomic mass is 9.95. The van der Waals surface area contributed by atoms with Gasteiger partial charge in [0.1, 0.15) is 0 Å². The molecule has 2 aromatic carbocycles. The van der Waals surface area contributed by atoms with Gasteiger partial charge < -0.3 is 23.8 Å². The van der Waals surface area contributed by atoms with Crippen LogP contribution in [-0.4, -0.2) is 33.5 Å². The maximum absolute atomic E-state index is 6.00. The topological polar surface area (TPSA) is 40.2 Å². The summed E-state index contributed by atoms with van der Waals surface area (Å²) >= 11 is 1.78. The number of fused-ring (bicyclic) bond motifs is 2. The van der Waals surface area contributed by atoms with Gasteiger partial charge in [-0.25, -0.2) is 0 Å². The summed E-state index contributed by atoms with van der Waals surface area (Å²) in [5.74, 6) is 0. The molecular weight excluding hydrogens is 410 g/mol. The summed E-state index contributed by atoms with van der Waals surface area (Å²) < 4.78 is 24.0. The van der Waals surface area contributed by atoms with Gasteiger partial charge in [-0.15, -0.1) is 0 Å². The molecule has 0 spiro atoms. The van der Waals surface area contributed by atoms with Crippen LogP contribution in [0.1, 0.15) is 51.4 Å². The van der Waals surface area contributed by atoms with Gasteiger partial charge in [0, 0.05) is 38.8 Å². The summed E-state index contributed by atoms with van der Waals surface area (Å²) in [6.45, 7) is 11.5. The van der Waals surface area contributed by atoms with Crippen LogP contribution < -0.4 is 4.90 Å². The van der Waals surface area contributed by atoms with E-state index in [1.54, 1.807) is 11.8 Å². The predicted molar refractivity (Wildman–Crippen MR) is 122 cm³/mol. The maximum atomic E-state index is 6.00. The molecule has 5 rings (SSSR count). The summed E-state index contributed by atoms with van der Waals surface area (Å²) in [7, 11) is 2.11. The number of ether oxygens (including phenoxy) is 4. The zero-order chi connectivity index (χ0) is 21.8. The molecule has 0 atom stereocenters. The summed E-state index contributed by atoms with van der Waals surface area (Å²) in [6, 6.07) is 13.0. The van der Waals surface area contributed by atoms with E-state index in [9.17, 15) is 0 Å². The fourth-order valence-corrected chi connectivity index (χ4v) is 5.34. The highest BCUT2D eigenvalue weighted by Crippen LogP contribution is 2.49. The van der Waals surface area contributed by atoms with Gasteiger partial charge in [-0.2, -0.15) is 0 Å². The Labute approximate surface area is 189 Å². The molecule has 3 aliphatic rings.